The third-order valence-electron chi connectivity index (χ3n) is 3.43. The van der Waals surface area contributed by atoms with Crippen molar-refractivity contribution in [3.05, 3.63) is 28.2 Å². The summed E-state index contributed by atoms with van der Waals surface area (Å²) >= 11 is 0. The highest BCUT2D eigenvalue weighted by Crippen LogP contribution is 2.32. The molecule has 0 saturated heterocycles. The molecule has 2 heterocycles. The topological polar surface area (TPSA) is 28.7 Å². The van der Waals surface area contributed by atoms with Gasteiger partial charge < -0.3 is 4.98 Å². The van der Waals surface area contributed by atoms with E-state index in [4.69, 9.17) is 0 Å². The fourth-order valence-corrected chi connectivity index (χ4v) is 2.59. The highest BCUT2D eigenvalue weighted by atomic mass is 14.8. The van der Waals surface area contributed by atoms with Crippen molar-refractivity contribution in [1.29, 1.82) is 0 Å². The summed E-state index contributed by atoms with van der Waals surface area (Å²) in [6, 6.07) is 0. The molecule has 86 valence electrons. The standard InChI is InChI=1S/C14H20N2/c1-7(2)12-10(5)16-14-8(3)9(4)15-11(6)13(12)14/h7,16H,1-6H3. The predicted octanol–water partition coefficient (Wildman–Crippen LogP) is 3.92. The van der Waals surface area contributed by atoms with Crippen LogP contribution in [0.15, 0.2) is 0 Å². The molecule has 2 heteroatoms. The SMILES string of the molecule is Cc1nc(C)c2c(C(C)C)c(C)[nH]c2c1C. The van der Waals surface area contributed by atoms with Gasteiger partial charge in [-0.05, 0) is 44.7 Å². The zero-order valence-electron chi connectivity index (χ0n) is 11.0. The molecule has 2 aromatic rings. The van der Waals surface area contributed by atoms with Crippen molar-refractivity contribution in [2.45, 2.75) is 47.5 Å². The summed E-state index contributed by atoms with van der Waals surface area (Å²) in [6.07, 6.45) is 0. The van der Waals surface area contributed by atoms with Crippen LogP contribution in [0.2, 0.25) is 0 Å². The second-order valence-electron chi connectivity index (χ2n) is 4.98. The van der Waals surface area contributed by atoms with Crippen molar-refractivity contribution in [2.75, 3.05) is 0 Å². The second kappa shape index (κ2) is 3.62. The minimum absolute atomic E-state index is 0.538. The first-order valence-corrected chi connectivity index (χ1v) is 5.89. The molecule has 2 nitrogen and oxygen atoms in total. The summed E-state index contributed by atoms with van der Waals surface area (Å²) in [5, 5.41) is 1.33. The molecular formula is C14H20N2. The molecule has 0 atom stereocenters. The van der Waals surface area contributed by atoms with E-state index in [0.717, 1.165) is 11.4 Å². The number of hydrogen-bond acceptors (Lipinski definition) is 1. The maximum absolute atomic E-state index is 4.64. The van der Waals surface area contributed by atoms with Crippen molar-refractivity contribution in [2.24, 2.45) is 0 Å². The molecule has 0 saturated carbocycles. The molecule has 0 aliphatic rings. The number of nitrogens with zero attached hydrogens (tertiary/aromatic N) is 1. The molecule has 1 N–H and O–H groups in total. The number of H-pyrrole nitrogens is 1. The fourth-order valence-electron chi connectivity index (χ4n) is 2.59. The van der Waals surface area contributed by atoms with Crippen LogP contribution in [0.4, 0.5) is 0 Å². The number of aromatic amines is 1. The Hall–Kier alpha value is -1.31. The van der Waals surface area contributed by atoms with Crippen LogP contribution in [0.3, 0.4) is 0 Å². The highest BCUT2D eigenvalue weighted by Gasteiger charge is 2.16. The molecule has 0 fully saturated rings. The van der Waals surface area contributed by atoms with E-state index in [1.165, 1.54) is 27.7 Å². The lowest BCUT2D eigenvalue weighted by Crippen LogP contribution is -1.95. The Balaban J connectivity index is 2.95. The fraction of sp³-hybridized carbons (Fsp3) is 0.500. The number of fused-ring (bicyclic) bond motifs is 1. The van der Waals surface area contributed by atoms with Crippen LogP contribution in [0.25, 0.3) is 10.9 Å². The van der Waals surface area contributed by atoms with Crippen molar-refractivity contribution in [3.63, 3.8) is 0 Å². The van der Waals surface area contributed by atoms with E-state index >= 15 is 0 Å². The van der Waals surface area contributed by atoms with Gasteiger partial charge >= 0.3 is 0 Å². The molecule has 0 aliphatic carbocycles. The van der Waals surface area contributed by atoms with Gasteiger partial charge in [-0.2, -0.15) is 0 Å². The van der Waals surface area contributed by atoms with Gasteiger partial charge in [0.25, 0.3) is 0 Å². The molecule has 0 aromatic carbocycles. The molecule has 0 spiro atoms. The Morgan fingerprint density at radius 2 is 1.62 bits per heavy atom. The molecule has 0 aliphatic heterocycles. The Kier molecular flexibility index (Phi) is 2.53. The number of aromatic nitrogens is 2. The van der Waals surface area contributed by atoms with Crippen molar-refractivity contribution >= 4 is 10.9 Å². The van der Waals surface area contributed by atoms with Crippen LogP contribution in [0.1, 0.15) is 48.0 Å². The molecule has 0 amide bonds. The van der Waals surface area contributed by atoms with E-state index < -0.39 is 0 Å². The van der Waals surface area contributed by atoms with Gasteiger partial charge in [0.05, 0.1) is 5.52 Å². The van der Waals surface area contributed by atoms with Gasteiger partial charge in [-0.25, -0.2) is 0 Å². The van der Waals surface area contributed by atoms with Crippen LogP contribution in [-0.2, 0) is 0 Å². The van der Waals surface area contributed by atoms with Gasteiger partial charge in [0, 0.05) is 22.5 Å². The van der Waals surface area contributed by atoms with Crippen LogP contribution in [-0.4, -0.2) is 9.97 Å². The van der Waals surface area contributed by atoms with Gasteiger partial charge in [0.15, 0.2) is 0 Å². The first-order valence-electron chi connectivity index (χ1n) is 5.89. The summed E-state index contributed by atoms with van der Waals surface area (Å²) in [4.78, 5) is 8.16. The van der Waals surface area contributed by atoms with Crippen molar-refractivity contribution < 1.29 is 0 Å². The van der Waals surface area contributed by atoms with E-state index in [9.17, 15) is 0 Å². The molecule has 0 radical (unpaired) electrons. The number of hydrogen-bond donors (Lipinski definition) is 1. The highest BCUT2D eigenvalue weighted by molar-refractivity contribution is 5.90. The van der Waals surface area contributed by atoms with Crippen molar-refractivity contribution in [3.8, 4) is 0 Å². The third kappa shape index (κ3) is 1.44. The quantitative estimate of drug-likeness (QED) is 0.769. The first kappa shape index (κ1) is 11.2. The summed E-state index contributed by atoms with van der Waals surface area (Å²) in [5.74, 6) is 0.538. The molecule has 0 bridgehead atoms. The monoisotopic (exact) mass is 216 g/mol. The Morgan fingerprint density at radius 3 is 2.19 bits per heavy atom. The van der Waals surface area contributed by atoms with Gasteiger partial charge in [0.2, 0.25) is 0 Å². The van der Waals surface area contributed by atoms with E-state index in [0.29, 0.717) is 5.92 Å². The smallest absolute Gasteiger partial charge is 0.0525 e. The third-order valence-corrected chi connectivity index (χ3v) is 3.43. The molecule has 2 rings (SSSR count). The maximum Gasteiger partial charge on any atom is 0.0525 e. The average molecular weight is 216 g/mol. The largest absolute Gasteiger partial charge is 0.358 e. The summed E-state index contributed by atoms with van der Waals surface area (Å²) in [6.45, 7) is 13.0. The second-order valence-corrected chi connectivity index (χ2v) is 4.98. The number of rotatable bonds is 1. The minimum Gasteiger partial charge on any atom is -0.358 e. The summed E-state index contributed by atoms with van der Waals surface area (Å²) in [7, 11) is 0. The number of pyridine rings is 1. The van der Waals surface area contributed by atoms with E-state index in [1.54, 1.807) is 0 Å². The van der Waals surface area contributed by atoms with E-state index in [1.807, 2.05) is 0 Å². The summed E-state index contributed by atoms with van der Waals surface area (Å²) in [5.41, 5.74) is 7.52. The first-order chi connectivity index (χ1) is 7.43. The number of aryl methyl sites for hydroxylation is 4. The van der Waals surface area contributed by atoms with Gasteiger partial charge in [0.1, 0.15) is 0 Å². The summed E-state index contributed by atoms with van der Waals surface area (Å²) < 4.78 is 0. The molecular weight excluding hydrogens is 196 g/mol. The van der Waals surface area contributed by atoms with E-state index in [-0.39, 0.29) is 0 Å². The zero-order valence-corrected chi connectivity index (χ0v) is 11.0. The lowest BCUT2D eigenvalue weighted by molar-refractivity contribution is 0.862. The zero-order chi connectivity index (χ0) is 12.0. The van der Waals surface area contributed by atoms with Gasteiger partial charge in [-0.3, -0.25) is 4.98 Å². The maximum atomic E-state index is 4.64. The Bertz CT molecular complexity index is 548. The molecule has 0 unspecified atom stereocenters. The Labute approximate surface area is 97.1 Å². The lowest BCUT2D eigenvalue weighted by Gasteiger charge is -2.08. The number of nitrogens with one attached hydrogen (secondary N) is 1. The van der Waals surface area contributed by atoms with Crippen LogP contribution in [0, 0.1) is 27.7 Å². The van der Waals surface area contributed by atoms with Crippen molar-refractivity contribution in [1.82, 2.24) is 9.97 Å². The molecule has 16 heavy (non-hydrogen) atoms. The van der Waals surface area contributed by atoms with Crippen LogP contribution >= 0.6 is 0 Å². The van der Waals surface area contributed by atoms with Crippen LogP contribution < -0.4 is 0 Å². The average Bonchev–Trinajstić information content (AvgIpc) is 2.52. The molecule has 2 aromatic heterocycles. The van der Waals surface area contributed by atoms with Crippen LogP contribution in [0.5, 0.6) is 0 Å². The Morgan fingerprint density at radius 1 is 1.00 bits per heavy atom. The van der Waals surface area contributed by atoms with Gasteiger partial charge in [-0.15, -0.1) is 0 Å². The van der Waals surface area contributed by atoms with Gasteiger partial charge in [-0.1, -0.05) is 13.8 Å². The minimum atomic E-state index is 0.538. The normalized spacial score (nSPS) is 11.7. The lowest BCUT2D eigenvalue weighted by atomic mass is 9.98. The predicted molar refractivity (Wildman–Crippen MR) is 69.1 cm³/mol. The van der Waals surface area contributed by atoms with E-state index in [2.05, 4.69) is 51.5 Å².